The molecule has 0 spiro atoms. The molecule has 1 unspecified atom stereocenters. The minimum Gasteiger partial charge on any atom is -0.388 e. The van der Waals surface area contributed by atoms with Crippen molar-refractivity contribution in [3.8, 4) is 0 Å². The van der Waals surface area contributed by atoms with E-state index in [0.29, 0.717) is 0 Å². The number of carbonyl (C=O) groups excluding carboxylic acids is 2. The Morgan fingerprint density at radius 1 is 1.21 bits per heavy atom. The van der Waals surface area contributed by atoms with E-state index in [0.717, 1.165) is 6.07 Å². The molecule has 0 bridgehead atoms. The molecule has 0 fully saturated rings. The van der Waals surface area contributed by atoms with Crippen LogP contribution in [0, 0.1) is 12.8 Å². The van der Waals surface area contributed by atoms with E-state index < -0.39 is 29.2 Å². The minimum absolute atomic E-state index is 0.0120. The number of alkyl halides is 3. The summed E-state index contributed by atoms with van der Waals surface area (Å²) in [5.74, 6) is -2.30. The van der Waals surface area contributed by atoms with Crippen molar-refractivity contribution in [3.63, 3.8) is 0 Å². The van der Waals surface area contributed by atoms with E-state index in [1.165, 1.54) is 26.0 Å². The van der Waals surface area contributed by atoms with Gasteiger partial charge in [-0.3, -0.25) is 9.59 Å². The average molecular weight is 346 g/mol. The van der Waals surface area contributed by atoms with Gasteiger partial charge in [-0.05, 0) is 37.5 Å². The lowest BCUT2D eigenvalue weighted by Crippen LogP contribution is -2.47. The molecule has 0 heterocycles. The summed E-state index contributed by atoms with van der Waals surface area (Å²) in [6.07, 6.45) is -4.55. The maximum atomic E-state index is 12.8. The SMILES string of the molecule is Cc1ccc(NC(=O)C(=O)NCC(C)(O)C(C)C)cc1C(F)(F)F. The van der Waals surface area contributed by atoms with Crippen LogP contribution in [-0.2, 0) is 15.8 Å². The first-order chi connectivity index (χ1) is 10.8. The Morgan fingerprint density at radius 2 is 1.79 bits per heavy atom. The Bertz CT molecular complexity index is 625. The van der Waals surface area contributed by atoms with Crippen LogP contribution in [-0.4, -0.2) is 29.1 Å². The molecule has 0 aliphatic carbocycles. The normalized spacial score (nSPS) is 14.2. The summed E-state index contributed by atoms with van der Waals surface area (Å²) in [6, 6.07) is 3.25. The summed E-state index contributed by atoms with van der Waals surface area (Å²) >= 11 is 0. The molecule has 1 rings (SSSR count). The van der Waals surface area contributed by atoms with Crippen LogP contribution in [0.15, 0.2) is 18.2 Å². The van der Waals surface area contributed by atoms with E-state index in [1.54, 1.807) is 13.8 Å². The van der Waals surface area contributed by atoms with Gasteiger partial charge >= 0.3 is 18.0 Å². The third-order valence-corrected chi connectivity index (χ3v) is 3.86. The monoisotopic (exact) mass is 346 g/mol. The molecule has 3 N–H and O–H groups in total. The maximum Gasteiger partial charge on any atom is 0.416 e. The molecule has 0 saturated carbocycles. The van der Waals surface area contributed by atoms with Crippen LogP contribution >= 0.6 is 0 Å². The zero-order valence-electron chi connectivity index (χ0n) is 13.9. The number of rotatable bonds is 4. The molecule has 2 amide bonds. The highest BCUT2D eigenvalue weighted by Crippen LogP contribution is 2.33. The summed E-state index contributed by atoms with van der Waals surface area (Å²) in [7, 11) is 0. The van der Waals surface area contributed by atoms with Gasteiger partial charge in [0.2, 0.25) is 0 Å². The molecule has 0 aliphatic rings. The van der Waals surface area contributed by atoms with Crippen LogP contribution in [0.3, 0.4) is 0 Å². The average Bonchev–Trinajstić information content (AvgIpc) is 2.45. The van der Waals surface area contributed by atoms with Crippen molar-refractivity contribution in [2.75, 3.05) is 11.9 Å². The van der Waals surface area contributed by atoms with Crippen molar-refractivity contribution < 1.29 is 27.9 Å². The summed E-state index contributed by atoms with van der Waals surface area (Å²) in [6.45, 7) is 6.15. The van der Waals surface area contributed by atoms with Crippen LogP contribution in [0.1, 0.15) is 31.9 Å². The van der Waals surface area contributed by atoms with Crippen molar-refractivity contribution in [1.29, 1.82) is 0 Å². The van der Waals surface area contributed by atoms with Gasteiger partial charge in [-0.2, -0.15) is 13.2 Å². The van der Waals surface area contributed by atoms with Gasteiger partial charge in [0.05, 0.1) is 11.2 Å². The predicted octanol–water partition coefficient (Wildman–Crippen LogP) is 2.48. The third kappa shape index (κ3) is 5.23. The van der Waals surface area contributed by atoms with Gasteiger partial charge in [0.1, 0.15) is 0 Å². The van der Waals surface area contributed by atoms with Crippen molar-refractivity contribution in [2.24, 2.45) is 5.92 Å². The molecule has 1 aromatic carbocycles. The Morgan fingerprint density at radius 3 is 2.29 bits per heavy atom. The molecular weight excluding hydrogens is 325 g/mol. The number of hydrogen-bond acceptors (Lipinski definition) is 3. The van der Waals surface area contributed by atoms with E-state index in [4.69, 9.17) is 0 Å². The second-order valence-electron chi connectivity index (χ2n) is 6.18. The van der Waals surface area contributed by atoms with Crippen LogP contribution in [0.2, 0.25) is 0 Å². The van der Waals surface area contributed by atoms with Crippen LogP contribution < -0.4 is 10.6 Å². The number of anilines is 1. The lowest BCUT2D eigenvalue weighted by atomic mass is 9.92. The molecule has 0 aromatic heterocycles. The summed E-state index contributed by atoms with van der Waals surface area (Å²) < 4.78 is 38.5. The second-order valence-corrected chi connectivity index (χ2v) is 6.18. The van der Waals surface area contributed by atoms with Crippen molar-refractivity contribution >= 4 is 17.5 Å². The largest absolute Gasteiger partial charge is 0.416 e. The number of amides is 2. The number of aliphatic hydroxyl groups is 1. The molecule has 0 saturated heterocycles. The smallest absolute Gasteiger partial charge is 0.388 e. The van der Waals surface area contributed by atoms with Crippen LogP contribution in [0.25, 0.3) is 0 Å². The first-order valence-corrected chi connectivity index (χ1v) is 7.34. The fourth-order valence-corrected chi connectivity index (χ4v) is 1.74. The highest BCUT2D eigenvalue weighted by atomic mass is 19.4. The Labute approximate surface area is 138 Å². The van der Waals surface area contributed by atoms with E-state index in [-0.39, 0.29) is 23.7 Å². The molecular formula is C16H21F3N2O3. The van der Waals surface area contributed by atoms with Crippen molar-refractivity contribution in [2.45, 2.75) is 39.5 Å². The lowest BCUT2D eigenvalue weighted by molar-refractivity contribution is -0.138. The van der Waals surface area contributed by atoms with E-state index in [1.807, 2.05) is 0 Å². The van der Waals surface area contributed by atoms with Gasteiger partial charge in [0, 0.05) is 12.2 Å². The van der Waals surface area contributed by atoms with Gasteiger partial charge in [0.25, 0.3) is 0 Å². The first-order valence-electron chi connectivity index (χ1n) is 7.34. The topological polar surface area (TPSA) is 78.4 Å². The fraction of sp³-hybridized carbons (Fsp3) is 0.500. The standard InChI is InChI=1S/C16H21F3N2O3/c1-9(2)15(4,24)8-20-13(22)14(23)21-11-6-5-10(3)12(7-11)16(17,18)19/h5-7,9,24H,8H2,1-4H3,(H,20,22)(H,21,23). The zero-order chi connectivity index (χ0) is 18.7. The molecule has 0 aliphatic heterocycles. The fourth-order valence-electron chi connectivity index (χ4n) is 1.74. The van der Waals surface area contributed by atoms with Crippen LogP contribution in [0.5, 0.6) is 0 Å². The van der Waals surface area contributed by atoms with Gasteiger partial charge in [0.15, 0.2) is 0 Å². The van der Waals surface area contributed by atoms with Crippen molar-refractivity contribution in [3.05, 3.63) is 29.3 Å². The van der Waals surface area contributed by atoms with Crippen LogP contribution in [0.4, 0.5) is 18.9 Å². The summed E-state index contributed by atoms with van der Waals surface area (Å²) in [4.78, 5) is 23.5. The van der Waals surface area contributed by atoms with Gasteiger partial charge in [-0.15, -0.1) is 0 Å². The van der Waals surface area contributed by atoms with Gasteiger partial charge < -0.3 is 15.7 Å². The number of carbonyl (C=O) groups is 2. The van der Waals surface area contributed by atoms with E-state index in [2.05, 4.69) is 10.6 Å². The van der Waals surface area contributed by atoms with E-state index in [9.17, 15) is 27.9 Å². The molecule has 1 atom stereocenters. The Kier molecular flexibility index (Phi) is 5.99. The molecule has 0 radical (unpaired) electrons. The summed E-state index contributed by atoms with van der Waals surface area (Å²) in [5.41, 5.74) is -2.21. The Balaban J connectivity index is 2.76. The highest BCUT2D eigenvalue weighted by Gasteiger charge is 2.33. The maximum absolute atomic E-state index is 12.8. The lowest BCUT2D eigenvalue weighted by Gasteiger charge is -2.27. The quantitative estimate of drug-likeness (QED) is 0.733. The number of nitrogens with one attached hydrogen (secondary N) is 2. The highest BCUT2D eigenvalue weighted by molar-refractivity contribution is 6.39. The molecule has 5 nitrogen and oxygen atoms in total. The first kappa shape index (κ1) is 20.0. The Hall–Kier alpha value is -2.09. The predicted molar refractivity (Wildman–Crippen MR) is 83.3 cm³/mol. The van der Waals surface area contributed by atoms with Gasteiger partial charge in [-0.1, -0.05) is 19.9 Å². The third-order valence-electron chi connectivity index (χ3n) is 3.86. The van der Waals surface area contributed by atoms with E-state index >= 15 is 0 Å². The zero-order valence-corrected chi connectivity index (χ0v) is 13.9. The number of benzene rings is 1. The molecule has 8 heteroatoms. The minimum atomic E-state index is -4.55. The number of hydrogen-bond donors (Lipinski definition) is 3. The number of halogens is 3. The number of aryl methyl sites for hydroxylation is 1. The molecule has 24 heavy (non-hydrogen) atoms. The molecule has 134 valence electrons. The summed E-state index contributed by atoms with van der Waals surface area (Å²) in [5, 5.41) is 14.4. The second kappa shape index (κ2) is 7.21. The van der Waals surface area contributed by atoms with Gasteiger partial charge in [-0.25, -0.2) is 0 Å². The van der Waals surface area contributed by atoms with Crippen molar-refractivity contribution in [1.82, 2.24) is 5.32 Å². The molecule has 1 aromatic rings.